The zero-order chi connectivity index (χ0) is 23.0. The van der Waals surface area contributed by atoms with E-state index in [-0.39, 0.29) is 5.97 Å². The molecule has 7 nitrogen and oxygen atoms in total. The average molecular weight is 447 g/mol. The van der Waals surface area contributed by atoms with E-state index >= 15 is 0 Å². The van der Waals surface area contributed by atoms with Gasteiger partial charge in [-0.25, -0.2) is 0 Å². The second-order valence-corrected chi connectivity index (χ2v) is 8.01. The minimum absolute atomic E-state index is 0.114. The predicted molar refractivity (Wildman–Crippen MR) is 126 cm³/mol. The van der Waals surface area contributed by atoms with Crippen LogP contribution in [0.25, 0.3) is 0 Å². The van der Waals surface area contributed by atoms with Crippen molar-refractivity contribution >= 4 is 5.97 Å². The van der Waals surface area contributed by atoms with Crippen LogP contribution in [0.4, 0.5) is 0 Å². The van der Waals surface area contributed by atoms with Gasteiger partial charge in [0, 0.05) is 47.3 Å². The molecule has 0 saturated heterocycles. The molecule has 0 aromatic heterocycles. The van der Waals surface area contributed by atoms with Gasteiger partial charge in [0.05, 0.1) is 6.61 Å². The summed E-state index contributed by atoms with van der Waals surface area (Å²) in [5.74, 6) is -0.977. The topological polar surface area (TPSA) is 78.1 Å². The van der Waals surface area contributed by atoms with Crippen LogP contribution in [0.2, 0.25) is 0 Å². The van der Waals surface area contributed by atoms with Gasteiger partial charge in [0.25, 0.3) is 5.97 Å². The van der Waals surface area contributed by atoms with Crippen molar-refractivity contribution in [1.82, 2.24) is 10.6 Å². The summed E-state index contributed by atoms with van der Waals surface area (Å²) in [6.07, 6.45) is 14.9. The fourth-order valence-corrected chi connectivity index (χ4v) is 3.47. The fourth-order valence-electron chi connectivity index (χ4n) is 3.47. The average Bonchev–Trinajstić information content (AvgIpc) is 2.80. The molecule has 0 unspecified atom stereocenters. The number of hydrogen-bond donors (Lipinski definition) is 2. The quantitative estimate of drug-likeness (QED) is 0.129. The minimum Gasteiger partial charge on any atom is -0.466 e. The van der Waals surface area contributed by atoms with Crippen LogP contribution in [0, 0.1) is 0 Å². The second-order valence-electron chi connectivity index (χ2n) is 8.01. The van der Waals surface area contributed by atoms with Gasteiger partial charge in [0.1, 0.15) is 0 Å². The molecule has 0 amide bonds. The van der Waals surface area contributed by atoms with Gasteiger partial charge in [-0.15, -0.1) is 0 Å². The highest BCUT2D eigenvalue weighted by Crippen LogP contribution is 2.21. The number of unbranched alkanes of at least 4 members (excludes halogenated alkanes) is 9. The molecule has 0 bridgehead atoms. The second kappa shape index (κ2) is 22.5. The van der Waals surface area contributed by atoms with Gasteiger partial charge in [-0.1, -0.05) is 58.3 Å². The Morgan fingerprint density at radius 1 is 0.645 bits per heavy atom. The Bertz CT molecular complexity index is 384. The SMILES string of the molecule is CCC(=O)OCCCNCCNCCCCCCCCCCCCC(OC)(OC)OC. The van der Waals surface area contributed by atoms with Crippen LogP contribution in [0.3, 0.4) is 0 Å². The third-order valence-corrected chi connectivity index (χ3v) is 5.55. The Balaban J connectivity index is 3.20. The standard InChI is InChI=1S/C24H50N2O5/c1-5-23(27)31-22-16-19-26-21-20-25-18-15-13-11-9-7-6-8-10-12-14-17-24(28-2,29-3)30-4/h25-26H,5-22H2,1-4H3. The minimum atomic E-state index is -0.864. The molecular formula is C24H50N2O5. The van der Waals surface area contributed by atoms with E-state index in [9.17, 15) is 4.79 Å². The number of esters is 1. The van der Waals surface area contributed by atoms with Crippen molar-refractivity contribution in [3.05, 3.63) is 0 Å². The Labute approximate surface area is 191 Å². The van der Waals surface area contributed by atoms with Gasteiger partial charge in [0.15, 0.2) is 0 Å². The van der Waals surface area contributed by atoms with Gasteiger partial charge in [-0.2, -0.15) is 0 Å². The van der Waals surface area contributed by atoms with Crippen molar-refractivity contribution < 1.29 is 23.7 Å². The Hall–Kier alpha value is -0.730. The molecule has 0 radical (unpaired) electrons. The van der Waals surface area contributed by atoms with E-state index in [4.69, 9.17) is 18.9 Å². The van der Waals surface area contributed by atoms with Crippen LogP contribution < -0.4 is 10.6 Å². The van der Waals surface area contributed by atoms with E-state index in [0.717, 1.165) is 45.4 Å². The van der Waals surface area contributed by atoms with Gasteiger partial charge in [-0.3, -0.25) is 4.79 Å². The molecule has 0 aliphatic heterocycles. The van der Waals surface area contributed by atoms with Crippen LogP contribution in [0.5, 0.6) is 0 Å². The molecule has 2 N–H and O–H groups in total. The summed E-state index contributed by atoms with van der Waals surface area (Å²) in [5, 5.41) is 6.85. The van der Waals surface area contributed by atoms with Gasteiger partial charge in [-0.05, 0) is 32.4 Å². The normalized spacial score (nSPS) is 11.7. The van der Waals surface area contributed by atoms with E-state index in [2.05, 4.69) is 10.6 Å². The highest BCUT2D eigenvalue weighted by molar-refractivity contribution is 5.68. The molecule has 0 heterocycles. The highest BCUT2D eigenvalue weighted by Gasteiger charge is 2.28. The molecule has 0 saturated carbocycles. The van der Waals surface area contributed by atoms with Crippen molar-refractivity contribution in [1.29, 1.82) is 0 Å². The molecule has 0 fully saturated rings. The number of hydrogen-bond acceptors (Lipinski definition) is 7. The maximum Gasteiger partial charge on any atom is 0.305 e. The molecule has 0 atom stereocenters. The lowest BCUT2D eigenvalue weighted by Gasteiger charge is -2.28. The molecule has 0 aliphatic carbocycles. The molecule has 0 spiro atoms. The summed E-state index contributed by atoms with van der Waals surface area (Å²) < 4.78 is 21.0. The zero-order valence-corrected chi connectivity index (χ0v) is 20.8. The van der Waals surface area contributed by atoms with Gasteiger partial charge < -0.3 is 29.6 Å². The number of nitrogens with one attached hydrogen (secondary N) is 2. The predicted octanol–water partition coefficient (Wildman–Crippen LogP) is 4.39. The molecule has 0 rings (SSSR count). The van der Waals surface area contributed by atoms with Crippen LogP contribution in [-0.2, 0) is 23.7 Å². The van der Waals surface area contributed by atoms with Crippen LogP contribution >= 0.6 is 0 Å². The fraction of sp³-hybridized carbons (Fsp3) is 0.958. The highest BCUT2D eigenvalue weighted by atomic mass is 16.9. The van der Waals surface area contributed by atoms with Gasteiger partial charge >= 0.3 is 5.97 Å². The summed E-state index contributed by atoms with van der Waals surface area (Å²) in [6, 6.07) is 0. The van der Waals surface area contributed by atoms with Crippen molar-refractivity contribution in [3.8, 4) is 0 Å². The first kappa shape index (κ1) is 30.3. The van der Waals surface area contributed by atoms with Crippen molar-refractivity contribution in [3.63, 3.8) is 0 Å². The number of carbonyl (C=O) groups is 1. The van der Waals surface area contributed by atoms with E-state index in [1.165, 1.54) is 57.8 Å². The van der Waals surface area contributed by atoms with E-state index < -0.39 is 5.97 Å². The maximum atomic E-state index is 11.0. The van der Waals surface area contributed by atoms with Crippen molar-refractivity contribution in [2.75, 3.05) is 54.1 Å². The third-order valence-electron chi connectivity index (χ3n) is 5.55. The largest absolute Gasteiger partial charge is 0.466 e. The maximum absolute atomic E-state index is 11.0. The molecule has 0 aromatic rings. The Kier molecular flexibility index (Phi) is 21.9. The molecular weight excluding hydrogens is 396 g/mol. The first-order chi connectivity index (χ1) is 15.1. The summed E-state index contributed by atoms with van der Waals surface area (Å²) >= 11 is 0. The first-order valence-corrected chi connectivity index (χ1v) is 12.4. The molecule has 31 heavy (non-hydrogen) atoms. The van der Waals surface area contributed by atoms with Crippen LogP contribution in [0.15, 0.2) is 0 Å². The van der Waals surface area contributed by atoms with E-state index in [1.807, 2.05) is 6.92 Å². The van der Waals surface area contributed by atoms with Crippen LogP contribution in [0.1, 0.15) is 90.4 Å². The van der Waals surface area contributed by atoms with E-state index in [1.54, 1.807) is 21.3 Å². The van der Waals surface area contributed by atoms with Crippen molar-refractivity contribution in [2.24, 2.45) is 0 Å². The summed E-state index contributed by atoms with van der Waals surface area (Å²) in [5.41, 5.74) is 0. The smallest absolute Gasteiger partial charge is 0.305 e. The molecule has 7 heteroatoms. The Morgan fingerprint density at radius 2 is 1.10 bits per heavy atom. The lowest BCUT2D eigenvalue weighted by Crippen LogP contribution is -2.35. The summed E-state index contributed by atoms with van der Waals surface area (Å²) in [4.78, 5) is 11.0. The number of methoxy groups -OCH3 is 3. The monoisotopic (exact) mass is 446 g/mol. The number of ether oxygens (including phenoxy) is 4. The van der Waals surface area contributed by atoms with E-state index in [0.29, 0.717) is 13.0 Å². The summed E-state index contributed by atoms with van der Waals surface area (Å²) in [6.45, 7) is 6.29. The van der Waals surface area contributed by atoms with Crippen LogP contribution in [-0.4, -0.2) is 66.1 Å². The lowest BCUT2D eigenvalue weighted by molar-refractivity contribution is -0.355. The third kappa shape index (κ3) is 18.5. The molecule has 0 aromatic carbocycles. The Morgan fingerprint density at radius 3 is 1.58 bits per heavy atom. The van der Waals surface area contributed by atoms with Gasteiger partial charge in [0.2, 0.25) is 0 Å². The molecule has 0 aliphatic rings. The number of rotatable bonds is 24. The summed E-state index contributed by atoms with van der Waals surface area (Å²) in [7, 11) is 4.87. The molecule has 186 valence electrons. The lowest BCUT2D eigenvalue weighted by atomic mass is 10.1. The first-order valence-electron chi connectivity index (χ1n) is 12.4. The van der Waals surface area contributed by atoms with Crippen molar-refractivity contribution in [2.45, 2.75) is 96.4 Å². The number of carbonyl (C=O) groups excluding carboxylic acids is 1. The zero-order valence-electron chi connectivity index (χ0n) is 20.8.